The lowest BCUT2D eigenvalue weighted by Gasteiger charge is -2.02. The number of rotatable bonds is 5. The van der Waals surface area contributed by atoms with Crippen molar-refractivity contribution in [2.45, 2.75) is 45.7 Å². The first-order valence-electron chi connectivity index (χ1n) is 5.57. The Balaban J connectivity index is 1.72. The smallest absolute Gasteiger partial charge is 0.0305 e. The van der Waals surface area contributed by atoms with Crippen LogP contribution >= 0.6 is 11.3 Å². The highest BCUT2D eigenvalue weighted by molar-refractivity contribution is 7.10. The van der Waals surface area contributed by atoms with Gasteiger partial charge in [-0.05, 0) is 42.7 Å². The minimum atomic E-state index is 0.816. The standard InChI is InChI=1S/C12H19NS/c1-3-4-10-7-11(10)13-8-12-9(2)5-6-14-12/h5-6,10-11,13H,3-4,7-8H2,1-2H3. The van der Waals surface area contributed by atoms with Crippen LogP contribution in [-0.2, 0) is 6.54 Å². The molecule has 1 nitrogen and oxygen atoms in total. The minimum Gasteiger partial charge on any atom is -0.309 e. The van der Waals surface area contributed by atoms with Crippen LogP contribution in [0.1, 0.15) is 36.6 Å². The third-order valence-corrected chi connectivity index (χ3v) is 4.10. The molecule has 1 heterocycles. The Morgan fingerprint density at radius 1 is 1.57 bits per heavy atom. The van der Waals surface area contributed by atoms with Gasteiger partial charge >= 0.3 is 0 Å². The second-order valence-electron chi connectivity index (χ2n) is 4.30. The Bertz CT molecular complexity index is 292. The molecule has 14 heavy (non-hydrogen) atoms. The molecule has 1 fully saturated rings. The largest absolute Gasteiger partial charge is 0.309 e. The zero-order valence-electron chi connectivity index (χ0n) is 9.05. The van der Waals surface area contributed by atoms with E-state index in [4.69, 9.17) is 0 Å². The predicted molar refractivity (Wildman–Crippen MR) is 62.7 cm³/mol. The molecule has 1 aliphatic rings. The first kappa shape index (κ1) is 10.2. The number of hydrogen-bond donors (Lipinski definition) is 1. The summed E-state index contributed by atoms with van der Waals surface area (Å²) >= 11 is 1.87. The van der Waals surface area contributed by atoms with E-state index in [2.05, 4.69) is 30.6 Å². The Morgan fingerprint density at radius 2 is 2.43 bits per heavy atom. The van der Waals surface area contributed by atoms with Gasteiger partial charge in [0, 0.05) is 17.5 Å². The van der Waals surface area contributed by atoms with Gasteiger partial charge in [0.2, 0.25) is 0 Å². The number of hydrogen-bond acceptors (Lipinski definition) is 2. The molecule has 0 amide bonds. The van der Waals surface area contributed by atoms with Crippen molar-refractivity contribution < 1.29 is 0 Å². The Morgan fingerprint density at radius 3 is 3.07 bits per heavy atom. The van der Waals surface area contributed by atoms with E-state index in [-0.39, 0.29) is 0 Å². The first-order chi connectivity index (χ1) is 6.81. The van der Waals surface area contributed by atoms with Crippen molar-refractivity contribution in [2.75, 3.05) is 0 Å². The summed E-state index contributed by atoms with van der Waals surface area (Å²) in [6.07, 6.45) is 4.14. The minimum absolute atomic E-state index is 0.816. The molecule has 1 saturated carbocycles. The van der Waals surface area contributed by atoms with Gasteiger partial charge < -0.3 is 5.32 Å². The molecule has 0 aromatic carbocycles. The monoisotopic (exact) mass is 209 g/mol. The molecule has 0 spiro atoms. The van der Waals surface area contributed by atoms with E-state index < -0.39 is 0 Å². The van der Waals surface area contributed by atoms with Crippen LogP contribution in [0.3, 0.4) is 0 Å². The van der Waals surface area contributed by atoms with Crippen LogP contribution in [0.2, 0.25) is 0 Å². The van der Waals surface area contributed by atoms with Crippen molar-refractivity contribution in [3.05, 3.63) is 21.9 Å². The zero-order valence-corrected chi connectivity index (χ0v) is 9.86. The average Bonchev–Trinajstić information content (AvgIpc) is 2.78. The molecule has 2 atom stereocenters. The van der Waals surface area contributed by atoms with Gasteiger partial charge in [-0.2, -0.15) is 0 Å². The molecule has 1 N–H and O–H groups in total. The summed E-state index contributed by atoms with van der Waals surface area (Å²) < 4.78 is 0. The van der Waals surface area contributed by atoms with Crippen LogP contribution in [0.15, 0.2) is 11.4 Å². The molecule has 78 valence electrons. The van der Waals surface area contributed by atoms with Crippen molar-refractivity contribution in [3.8, 4) is 0 Å². The fourth-order valence-electron chi connectivity index (χ4n) is 2.00. The van der Waals surface area contributed by atoms with Gasteiger partial charge in [0.25, 0.3) is 0 Å². The van der Waals surface area contributed by atoms with Gasteiger partial charge in [-0.3, -0.25) is 0 Å². The molecule has 0 aliphatic heterocycles. The van der Waals surface area contributed by atoms with E-state index in [1.54, 1.807) is 0 Å². The van der Waals surface area contributed by atoms with Crippen molar-refractivity contribution in [1.29, 1.82) is 0 Å². The van der Waals surface area contributed by atoms with E-state index in [0.717, 1.165) is 18.5 Å². The van der Waals surface area contributed by atoms with Crippen molar-refractivity contribution in [1.82, 2.24) is 5.32 Å². The lowest BCUT2D eigenvalue weighted by Crippen LogP contribution is -2.17. The summed E-state index contributed by atoms with van der Waals surface area (Å²) in [5.74, 6) is 0.972. The van der Waals surface area contributed by atoms with Gasteiger partial charge in [-0.15, -0.1) is 11.3 Å². The summed E-state index contributed by atoms with van der Waals surface area (Å²) in [6.45, 7) is 5.55. The molecular weight excluding hydrogens is 190 g/mol. The summed E-state index contributed by atoms with van der Waals surface area (Å²) in [6, 6.07) is 3.02. The van der Waals surface area contributed by atoms with E-state index in [9.17, 15) is 0 Å². The maximum Gasteiger partial charge on any atom is 0.0305 e. The van der Waals surface area contributed by atoms with Gasteiger partial charge in [0.05, 0.1) is 0 Å². The zero-order chi connectivity index (χ0) is 9.97. The summed E-state index contributed by atoms with van der Waals surface area (Å²) in [7, 11) is 0. The van der Waals surface area contributed by atoms with E-state index in [1.165, 1.54) is 29.7 Å². The summed E-state index contributed by atoms with van der Waals surface area (Å²) in [4.78, 5) is 1.51. The Labute approximate surface area is 90.5 Å². The van der Waals surface area contributed by atoms with Gasteiger partial charge in [-0.25, -0.2) is 0 Å². The third kappa shape index (κ3) is 2.37. The maximum absolute atomic E-state index is 3.65. The van der Waals surface area contributed by atoms with Gasteiger partial charge in [-0.1, -0.05) is 13.3 Å². The average molecular weight is 209 g/mol. The van der Waals surface area contributed by atoms with Crippen LogP contribution in [0, 0.1) is 12.8 Å². The maximum atomic E-state index is 3.65. The highest BCUT2D eigenvalue weighted by atomic mass is 32.1. The molecule has 2 rings (SSSR count). The van der Waals surface area contributed by atoms with Crippen molar-refractivity contribution >= 4 is 11.3 Å². The van der Waals surface area contributed by atoms with Gasteiger partial charge in [0.1, 0.15) is 0 Å². The lowest BCUT2D eigenvalue weighted by molar-refractivity contribution is 0.601. The van der Waals surface area contributed by atoms with Crippen molar-refractivity contribution in [2.24, 2.45) is 5.92 Å². The summed E-state index contributed by atoms with van der Waals surface area (Å²) in [5.41, 5.74) is 1.44. The fraction of sp³-hybridized carbons (Fsp3) is 0.667. The normalized spacial score (nSPS) is 25.3. The second-order valence-corrected chi connectivity index (χ2v) is 5.30. The van der Waals surface area contributed by atoms with Crippen LogP contribution in [0.4, 0.5) is 0 Å². The molecule has 1 aromatic rings. The molecule has 2 heteroatoms. The highest BCUT2D eigenvalue weighted by Gasteiger charge is 2.35. The molecular formula is C12H19NS. The molecule has 0 bridgehead atoms. The molecule has 1 aliphatic carbocycles. The van der Waals surface area contributed by atoms with E-state index >= 15 is 0 Å². The van der Waals surface area contributed by atoms with Crippen LogP contribution in [0.5, 0.6) is 0 Å². The molecule has 0 saturated heterocycles. The number of aryl methyl sites for hydroxylation is 1. The fourth-order valence-corrected chi connectivity index (χ4v) is 2.85. The Hall–Kier alpha value is -0.340. The highest BCUT2D eigenvalue weighted by Crippen LogP contribution is 2.34. The quantitative estimate of drug-likeness (QED) is 0.784. The van der Waals surface area contributed by atoms with Crippen LogP contribution < -0.4 is 5.32 Å². The van der Waals surface area contributed by atoms with E-state index in [0.29, 0.717) is 0 Å². The third-order valence-electron chi connectivity index (χ3n) is 3.08. The first-order valence-corrected chi connectivity index (χ1v) is 6.45. The topological polar surface area (TPSA) is 12.0 Å². The van der Waals surface area contributed by atoms with Crippen molar-refractivity contribution in [3.63, 3.8) is 0 Å². The van der Waals surface area contributed by atoms with Crippen LogP contribution in [0.25, 0.3) is 0 Å². The van der Waals surface area contributed by atoms with E-state index in [1.807, 2.05) is 11.3 Å². The Kier molecular flexibility index (Phi) is 3.24. The molecule has 1 aromatic heterocycles. The number of thiophene rings is 1. The van der Waals surface area contributed by atoms with Gasteiger partial charge in [0.15, 0.2) is 0 Å². The summed E-state index contributed by atoms with van der Waals surface area (Å²) in [5, 5.41) is 5.83. The molecule has 0 radical (unpaired) electrons. The number of nitrogens with one attached hydrogen (secondary N) is 1. The SMILES string of the molecule is CCCC1CC1NCc1sccc1C. The predicted octanol–water partition coefficient (Wildman–Crippen LogP) is 3.33. The molecule has 2 unspecified atom stereocenters. The van der Waals surface area contributed by atoms with Crippen LogP contribution in [-0.4, -0.2) is 6.04 Å². The second kappa shape index (κ2) is 4.45. The lowest BCUT2D eigenvalue weighted by atomic mass is 10.2.